The molecular formula is C12H8FNO4S. The first kappa shape index (κ1) is 13.0. The van der Waals surface area contributed by atoms with E-state index in [1.54, 1.807) is 0 Å². The second-order valence-electron chi connectivity index (χ2n) is 3.58. The Morgan fingerprint density at radius 1 is 1.26 bits per heavy atom. The van der Waals surface area contributed by atoms with E-state index in [1.807, 2.05) is 0 Å². The lowest BCUT2D eigenvalue weighted by Crippen LogP contribution is -2.13. The molecule has 2 rings (SSSR count). The number of hydrogen-bond donors (Lipinski definition) is 3. The van der Waals surface area contributed by atoms with Crippen molar-refractivity contribution < 1.29 is 24.2 Å². The average Bonchev–Trinajstić information content (AvgIpc) is 2.76. The lowest BCUT2D eigenvalue weighted by Gasteiger charge is -2.06. The SMILES string of the molecule is O=C(Nc1ccsc1C(=O)O)c1ccc(F)cc1O. The Morgan fingerprint density at radius 3 is 2.63 bits per heavy atom. The Hall–Kier alpha value is -2.41. The van der Waals surface area contributed by atoms with Crippen LogP contribution in [0.15, 0.2) is 29.6 Å². The largest absolute Gasteiger partial charge is 0.507 e. The van der Waals surface area contributed by atoms with Crippen LogP contribution in [-0.4, -0.2) is 22.1 Å². The van der Waals surface area contributed by atoms with Crippen molar-refractivity contribution in [3.8, 4) is 5.75 Å². The summed E-state index contributed by atoms with van der Waals surface area (Å²) in [5.41, 5.74) is -0.00448. The molecule has 1 aromatic heterocycles. The van der Waals surface area contributed by atoms with Crippen LogP contribution in [0.3, 0.4) is 0 Å². The monoisotopic (exact) mass is 281 g/mol. The highest BCUT2D eigenvalue weighted by atomic mass is 32.1. The summed E-state index contributed by atoms with van der Waals surface area (Å²) in [5, 5.41) is 22.2. The van der Waals surface area contributed by atoms with Crippen LogP contribution in [0.1, 0.15) is 20.0 Å². The maximum atomic E-state index is 12.8. The molecule has 0 fully saturated rings. The highest BCUT2D eigenvalue weighted by Gasteiger charge is 2.17. The van der Waals surface area contributed by atoms with Crippen LogP contribution >= 0.6 is 11.3 Å². The van der Waals surface area contributed by atoms with Crippen LogP contribution in [0, 0.1) is 5.82 Å². The zero-order valence-corrected chi connectivity index (χ0v) is 10.2. The van der Waals surface area contributed by atoms with Gasteiger partial charge in [-0.15, -0.1) is 11.3 Å². The number of benzene rings is 1. The summed E-state index contributed by atoms with van der Waals surface area (Å²) in [6, 6.07) is 4.39. The number of phenolic OH excluding ortho intramolecular Hbond substituents is 1. The van der Waals surface area contributed by atoms with E-state index in [0.29, 0.717) is 0 Å². The summed E-state index contributed by atoms with van der Waals surface area (Å²) in [4.78, 5) is 22.7. The average molecular weight is 281 g/mol. The van der Waals surface area contributed by atoms with Gasteiger partial charge in [-0.1, -0.05) is 0 Å². The van der Waals surface area contributed by atoms with Gasteiger partial charge < -0.3 is 15.5 Å². The summed E-state index contributed by atoms with van der Waals surface area (Å²) in [6.45, 7) is 0. The fraction of sp³-hybridized carbons (Fsp3) is 0. The molecule has 0 spiro atoms. The van der Waals surface area contributed by atoms with Gasteiger partial charge in [0.15, 0.2) is 0 Å². The Balaban J connectivity index is 2.26. The molecule has 1 heterocycles. The van der Waals surface area contributed by atoms with Gasteiger partial charge in [0.05, 0.1) is 11.3 Å². The van der Waals surface area contributed by atoms with Gasteiger partial charge in [-0.2, -0.15) is 0 Å². The van der Waals surface area contributed by atoms with E-state index < -0.39 is 23.4 Å². The van der Waals surface area contributed by atoms with Crippen molar-refractivity contribution in [1.82, 2.24) is 0 Å². The van der Waals surface area contributed by atoms with E-state index in [1.165, 1.54) is 11.4 Å². The number of nitrogens with one attached hydrogen (secondary N) is 1. The van der Waals surface area contributed by atoms with E-state index in [2.05, 4.69) is 5.32 Å². The summed E-state index contributed by atoms with van der Waals surface area (Å²) >= 11 is 0.965. The second kappa shape index (κ2) is 5.07. The minimum Gasteiger partial charge on any atom is -0.507 e. The van der Waals surface area contributed by atoms with Gasteiger partial charge in [0.25, 0.3) is 5.91 Å². The Bertz CT molecular complexity index is 653. The van der Waals surface area contributed by atoms with E-state index in [9.17, 15) is 19.1 Å². The van der Waals surface area contributed by atoms with Crippen LogP contribution in [-0.2, 0) is 0 Å². The van der Waals surface area contributed by atoms with E-state index in [-0.39, 0.29) is 16.1 Å². The number of thiophene rings is 1. The predicted molar refractivity (Wildman–Crippen MR) is 67.3 cm³/mol. The highest BCUT2D eigenvalue weighted by molar-refractivity contribution is 7.12. The third kappa shape index (κ3) is 2.71. The molecule has 0 aliphatic rings. The number of amides is 1. The summed E-state index contributed by atoms with van der Waals surface area (Å²) in [6.07, 6.45) is 0. The number of hydrogen-bond acceptors (Lipinski definition) is 4. The Morgan fingerprint density at radius 2 is 2.00 bits per heavy atom. The van der Waals surface area contributed by atoms with Gasteiger partial charge in [-0.25, -0.2) is 9.18 Å². The minimum atomic E-state index is -1.16. The number of aromatic hydroxyl groups is 1. The molecule has 0 saturated carbocycles. The minimum absolute atomic E-state index is 0.0186. The van der Waals surface area contributed by atoms with Crippen molar-refractivity contribution in [3.63, 3.8) is 0 Å². The molecule has 1 aromatic carbocycles. The lowest BCUT2D eigenvalue weighted by molar-refractivity contribution is 0.0703. The van der Waals surface area contributed by atoms with Crippen LogP contribution in [0.5, 0.6) is 5.75 Å². The number of aromatic carboxylic acids is 1. The Kier molecular flexibility index (Phi) is 3.48. The second-order valence-corrected chi connectivity index (χ2v) is 4.50. The van der Waals surface area contributed by atoms with Gasteiger partial charge >= 0.3 is 5.97 Å². The van der Waals surface area contributed by atoms with Crippen LogP contribution in [0.25, 0.3) is 0 Å². The highest BCUT2D eigenvalue weighted by Crippen LogP contribution is 2.24. The van der Waals surface area contributed by atoms with E-state index in [4.69, 9.17) is 5.11 Å². The third-order valence-corrected chi connectivity index (χ3v) is 3.21. The van der Waals surface area contributed by atoms with Crippen molar-refractivity contribution in [2.45, 2.75) is 0 Å². The first-order valence-corrected chi connectivity index (χ1v) is 5.97. The molecule has 0 unspecified atom stereocenters. The fourth-order valence-electron chi connectivity index (χ4n) is 1.46. The van der Waals surface area contributed by atoms with E-state index >= 15 is 0 Å². The number of carbonyl (C=O) groups is 2. The van der Waals surface area contributed by atoms with Crippen LogP contribution < -0.4 is 5.32 Å². The smallest absolute Gasteiger partial charge is 0.348 e. The number of rotatable bonds is 3. The van der Waals surface area contributed by atoms with Crippen molar-refractivity contribution in [1.29, 1.82) is 0 Å². The molecular weight excluding hydrogens is 273 g/mol. The molecule has 0 aliphatic carbocycles. The molecule has 0 atom stereocenters. The first-order valence-electron chi connectivity index (χ1n) is 5.09. The van der Waals surface area contributed by atoms with Crippen molar-refractivity contribution in [2.75, 3.05) is 5.32 Å². The zero-order valence-electron chi connectivity index (χ0n) is 9.38. The molecule has 19 heavy (non-hydrogen) atoms. The van der Waals surface area contributed by atoms with Gasteiger partial charge in [-0.05, 0) is 23.6 Å². The predicted octanol–water partition coefficient (Wildman–Crippen LogP) is 2.54. The number of carboxylic acid groups (broad SMARTS) is 1. The molecule has 1 amide bonds. The number of carbonyl (C=O) groups excluding carboxylic acids is 1. The van der Waals surface area contributed by atoms with Crippen molar-refractivity contribution in [3.05, 3.63) is 45.9 Å². The van der Waals surface area contributed by atoms with Crippen LogP contribution in [0.2, 0.25) is 0 Å². The molecule has 7 heteroatoms. The number of halogens is 1. The van der Waals surface area contributed by atoms with Crippen molar-refractivity contribution >= 4 is 28.9 Å². The molecule has 0 bridgehead atoms. The third-order valence-electron chi connectivity index (χ3n) is 2.31. The molecule has 3 N–H and O–H groups in total. The molecule has 0 aliphatic heterocycles. The summed E-state index contributed by atoms with van der Waals surface area (Å²) in [7, 11) is 0. The maximum Gasteiger partial charge on any atom is 0.348 e. The van der Waals surface area contributed by atoms with Gasteiger partial charge in [-0.3, -0.25) is 4.79 Å². The normalized spacial score (nSPS) is 10.2. The molecule has 2 aromatic rings. The van der Waals surface area contributed by atoms with E-state index in [0.717, 1.165) is 29.5 Å². The zero-order chi connectivity index (χ0) is 14.0. The Labute approximate surface area is 110 Å². The fourth-order valence-corrected chi connectivity index (χ4v) is 2.15. The number of phenols is 1. The van der Waals surface area contributed by atoms with Crippen molar-refractivity contribution in [2.24, 2.45) is 0 Å². The molecule has 0 radical (unpaired) electrons. The quantitative estimate of drug-likeness (QED) is 0.807. The summed E-state index contributed by atoms with van der Waals surface area (Å²) in [5.74, 6) is -3.05. The maximum absolute atomic E-state index is 12.8. The lowest BCUT2D eigenvalue weighted by atomic mass is 10.2. The standard InChI is InChI=1S/C12H8FNO4S/c13-6-1-2-7(9(15)5-6)11(16)14-8-3-4-19-10(8)12(17)18/h1-5,15H,(H,14,16)(H,17,18). The van der Waals surface area contributed by atoms with Gasteiger partial charge in [0.1, 0.15) is 16.4 Å². The molecule has 98 valence electrons. The number of carboxylic acids is 1. The molecule has 0 saturated heterocycles. The first-order chi connectivity index (χ1) is 8.99. The van der Waals surface area contributed by atoms with Gasteiger partial charge in [0.2, 0.25) is 0 Å². The molecule has 5 nitrogen and oxygen atoms in total. The topological polar surface area (TPSA) is 86.6 Å². The number of anilines is 1. The van der Waals surface area contributed by atoms with Crippen LogP contribution in [0.4, 0.5) is 10.1 Å². The summed E-state index contributed by atoms with van der Waals surface area (Å²) < 4.78 is 12.8. The van der Waals surface area contributed by atoms with Gasteiger partial charge in [0, 0.05) is 6.07 Å².